The second-order valence-electron chi connectivity index (χ2n) is 4.74. The van der Waals surface area contributed by atoms with E-state index in [4.69, 9.17) is 0 Å². The minimum atomic E-state index is 0.210. The van der Waals surface area contributed by atoms with Crippen molar-refractivity contribution in [2.45, 2.75) is 43.8 Å². The van der Waals surface area contributed by atoms with Crippen molar-refractivity contribution in [2.24, 2.45) is 0 Å². The summed E-state index contributed by atoms with van der Waals surface area (Å²) in [6, 6.07) is 4.52. The molecule has 15 heavy (non-hydrogen) atoms. The second-order valence-corrected chi connectivity index (χ2v) is 7.87. The molecule has 0 bridgehead atoms. The van der Waals surface area contributed by atoms with Crippen molar-refractivity contribution in [3.63, 3.8) is 0 Å². The van der Waals surface area contributed by atoms with Gasteiger partial charge in [0.25, 0.3) is 0 Å². The Bertz CT molecular complexity index is 327. The van der Waals surface area contributed by atoms with Crippen molar-refractivity contribution >= 4 is 27.7 Å². The molecule has 0 aromatic heterocycles. The topological polar surface area (TPSA) is 0 Å². The second kappa shape index (κ2) is 4.92. The van der Waals surface area contributed by atoms with E-state index >= 15 is 0 Å². The molecule has 0 nitrogen and oxygen atoms in total. The van der Waals surface area contributed by atoms with Crippen molar-refractivity contribution < 1.29 is 0 Å². The van der Waals surface area contributed by atoms with Crippen LogP contribution >= 0.6 is 27.7 Å². The molecule has 0 atom stereocenters. The Morgan fingerprint density at radius 1 is 1.13 bits per heavy atom. The molecule has 1 aromatic rings. The molecule has 0 fully saturated rings. The lowest BCUT2D eigenvalue weighted by atomic mass is 10.1. The van der Waals surface area contributed by atoms with Crippen LogP contribution in [0.15, 0.2) is 17.0 Å². The maximum absolute atomic E-state index is 3.68. The van der Waals surface area contributed by atoms with Crippen LogP contribution in [0.1, 0.15) is 30.5 Å². The Kier molecular flexibility index (Phi) is 4.30. The maximum atomic E-state index is 3.68. The van der Waals surface area contributed by atoms with Crippen LogP contribution in [-0.2, 0) is 0 Å². The first-order valence-electron chi connectivity index (χ1n) is 5.19. The van der Waals surface area contributed by atoms with Gasteiger partial charge in [0.2, 0.25) is 0 Å². The van der Waals surface area contributed by atoms with E-state index in [1.807, 2.05) is 11.8 Å². The van der Waals surface area contributed by atoms with Crippen molar-refractivity contribution in [1.82, 2.24) is 0 Å². The van der Waals surface area contributed by atoms with E-state index in [-0.39, 0.29) is 4.32 Å². The summed E-state index contributed by atoms with van der Waals surface area (Å²) in [5, 5.41) is 0. The predicted molar refractivity (Wildman–Crippen MR) is 74.4 cm³/mol. The average Bonchev–Trinajstić information content (AvgIpc) is 1.99. The fourth-order valence-electron chi connectivity index (χ4n) is 1.64. The highest BCUT2D eigenvalue weighted by Gasteiger charge is 2.14. The van der Waals surface area contributed by atoms with Gasteiger partial charge >= 0.3 is 0 Å². The molecule has 0 heterocycles. The van der Waals surface area contributed by atoms with Gasteiger partial charge in [0.05, 0.1) is 0 Å². The number of aryl methyl sites for hydroxylation is 3. The standard InChI is InChI=1S/C13H19BrS/c1-9-6-10(2)12(11(3)7-9)15-8-13(4,5)14/h6-7H,8H2,1-5H3. The Hall–Kier alpha value is 0.0500. The number of benzene rings is 1. The SMILES string of the molecule is Cc1cc(C)c(SCC(C)(C)Br)c(C)c1. The van der Waals surface area contributed by atoms with Crippen LogP contribution in [0.3, 0.4) is 0 Å². The molecule has 0 radical (unpaired) electrons. The van der Waals surface area contributed by atoms with Crippen molar-refractivity contribution in [1.29, 1.82) is 0 Å². The first-order valence-corrected chi connectivity index (χ1v) is 6.97. The summed E-state index contributed by atoms with van der Waals surface area (Å²) in [7, 11) is 0. The molecule has 2 heteroatoms. The Morgan fingerprint density at radius 2 is 1.60 bits per heavy atom. The third-order valence-corrected chi connectivity index (χ3v) is 4.61. The number of rotatable bonds is 3. The largest absolute Gasteiger partial charge is 0.124 e. The summed E-state index contributed by atoms with van der Waals surface area (Å²) in [4.78, 5) is 1.44. The van der Waals surface area contributed by atoms with E-state index in [1.165, 1.54) is 21.6 Å². The maximum Gasteiger partial charge on any atom is 0.0295 e. The molecule has 0 amide bonds. The molecule has 0 unspecified atom stereocenters. The summed E-state index contributed by atoms with van der Waals surface area (Å²) in [6.07, 6.45) is 0. The molecule has 0 saturated carbocycles. The lowest BCUT2D eigenvalue weighted by Gasteiger charge is -2.17. The van der Waals surface area contributed by atoms with Gasteiger partial charge in [0.1, 0.15) is 0 Å². The van der Waals surface area contributed by atoms with Crippen LogP contribution in [0.4, 0.5) is 0 Å². The smallest absolute Gasteiger partial charge is 0.0295 e. The predicted octanol–water partition coefficient (Wildman–Crippen LogP) is 4.88. The minimum Gasteiger partial charge on any atom is -0.124 e. The molecule has 1 rings (SSSR count). The summed E-state index contributed by atoms with van der Waals surface area (Å²) in [5.74, 6) is 1.09. The van der Waals surface area contributed by atoms with Gasteiger partial charge in [0, 0.05) is 15.0 Å². The zero-order chi connectivity index (χ0) is 11.6. The zero-order valence-electron chi connectivity index (χ0n) is 10.1. The van der Waals surface area contributed by atoms with Crippen molar-refractivity contribution in [2.75, 3.05) is 5.75 Å². The van der Waals surface area contributed by atoms with Crippen LogP contribution < -0.4 is 0 Å². The van der Waals surface area contributed by atoms with E-state index in [0.29, 0.717) is 0 Å². The van der Waals surface area contributed by atoms with Crippen molar-refractivity contribution in [3.8, 4) is 0 Å². The number of alkyl halides is 1. The lowest BCUT2D eigenvalue weighted by molar-refractivity contribution is 0.837. The number of hydrogen-bond acceptors (Lipinski definition) is 1. The van der Waals surface area contributed by atoms with Gasteiger partial charge in [-0.2, -0.15) is 0 Å². The molecule has 0 saturated heterocycles. The van der Waals surface area contributed by atoms with Crippen LogP contribution in [-0.4, -0.2) is 10.1 Å². The summed E-state index contributed by atoms with van der Waals surface area (Å²) >= 11 is 5.62. The van der Waals surface area contributed by atoms with Gasteiger partial charge in [-0.1, -0.05) is 33.6 Å². The van der Waals surface area contributed by atoms with E-state index in [2.05, 4.69) is 62.7 Å². The van der Waals surface area contributed by atoms with Crippen molar-refractivity contribution in [3.05, 3.63) is 28.8 Å². The minimum absolute atomic E-state index is 0.210. The normalized spacial score (nSPS) is 11.9. The van der Waals surface area contributed by atoms with Crippen LogP contribution in [0.25, 0.3) is 0 Å². The van der Waals surface area contributed by atoms with Gasteiger partial charge in [0.15, 0.2) is 0 Å². The number of halogens is 1. The molecular formula is C13H19BrS. The third kappa shape index (κ3) is 4.20. The van der Waals surface area contributed by atoms with Gasteiger partial charge < -0.3 is 0 Å². The highest BCUT2D eigenvalue weighted by molar-refractivity contribution is 9.10. The summed E-state index contributed by atoms with van der Waals surface area (Å²) in [6.45, 7) is 11.0. The Labute approximate surface area is 106 Å². The molecular weight excluding hydrogens is 268 g/mol. The molecule has 84 valence electrons. The van der Waals surface area contributed by atoms with Crippen LogP contribution in [0, 0.1) is 20.8 Å². The van der Waals surface area contributed by atoms with E-state index < -0.39 is 0 Å². The Balaban J connectivity index is 2.86. The molecule has 0 N–H and O–H groups in total. The quantitative estimate of drug-likeness (QED) is 0.564. The third-order valence-electron chi connectivity index (χ3n) is 2.16. The summed E-state index contributed by atoms with van der Waals surface area (Å²) < 4.78 is 0.210. The van der Waals surface area contributed by atoms with E-state index in [9.17, 15) is 0 Å². The first kappa shape index (κ1) is 13.1. The van der Waals surface area contributed by atoms with Gasteiger partial charge in [-0.05, 0) is 45.7 Å². The van der Waals surface area contributed by atoms with E-state index in [1.54, 1.807) is 0 Å². The van der Waals surface area contributed by atoms with E-state index in [0.717, 1.165) is 5.75 Å². The molecule has 0 aliphatic heterocycles. The monoisotopic (exact) mass is 286 g/mol. The highest BCUT2D eigenvalue weighted by Crippen LogP contribution is 2.32. The highest BCUT2D eigenvalue weighted by atomic mass is 79.9. The summed E-state index contributed by atoms with van der Waals surface area (Å²) in [5.41, 5.74) is 4.15. The first-order chi connectivity index (χ1) is 6.79. The molecule has 1 aromatic carbocycles. The molecule has 0 aliphatic carbocycles. The Morgan fingerprint density at radius 3 is 2.00 bits per heavy atom. The lowest BCUT2D eigenvalue weighted by Crippen LogP contribution is -2.12. The van der Waals surface area contributed by atoms with Gasteiger partial charge in [-0.25, -0.2) is 0 Å². The molecule has 0 spiro atoms. The van der Waals surface area contributed by atoms with Crippen LogP contribution in [0.2, 0.25) is 0 Å². The van der Waals surface area contributed by atoms with Crippen LogP contribution in [0.5, 0.6) is 0 Å². The fraction of sp³-hybridized carbons (Fsp3) is 0.538. The zero-order valence-corrected chi connectivity index (χ0v) is 12.6. The molecule has 0 aliphatic rings. The van der Waals surface area contributed by atoms with Gasteiger partial charge in [-0.3, -0.25) is 0 Å². The van der Waals surface area contributed by atoms with Gasteiger partial charge in [-0.15, -0.1) is 11.8 Å². The number of thioether (sulfide) groups is 1. The fourth-order valence-corrected chi connectivity index (χ4v) is 3.04. The average molecular weight is 287 g/mol. The number of hydrogen-bond donors (Lipinski definition) is 0.